The monoisotopic (exact) mass is 452 g/mol. The lowest BCUT2D eigenvalue weighted by atomic mass is 9.92. The summed E-state index contributed by atoms with van der Waals surface area (Å²) in [6.07, 6.45) is -1.46. The molecule has 2 aromatic heterocycles. The summed E-state index contributed by atoms with van der Waals surface area (Å²) < 4.78 is 39.1. The van der Waals surface area contributed by atoms with Crippen LogP contribution in [0.2, 0.25) is 0 Å². The van der Waals surface area contributed by atoms with E-state index in [1.165, 1.54) is 0 Å². The van der Waals surface area contributed by atoms with E-state index in [2.05, 4.69) is 10.3 Å². The summed E-state index contributed by atoms with van der Waals surface area (Å²) in [4.78, 5) is 23.9. The average molecular weight is 453 g/mol. The fourth-order valence-electron chi connectivity index (χ4n) is 3.83. The summed E-state index contributed by atoms with van der Waals surface area (Å²) in [5, 5.41) is 2.29. The summed E-state index contributed by atoms with van der Waals surface area (Å²) in [5.74, 6) is 1.05. The van der Waals surface area contributed by atoms with Crippen LogP contribution in [-0.4, -0.2) is 22.4 Å². The number of nitrogens with one attached hydrogen (secondary N) is 1. The highest BCUT2D eigenvalue weighted by Crippen LogP contribution is 2.45. The molecule has 1 amide bonds. The normalized spacial score (nSPS) is 16.9. The minimum atomic E-state index is -4.41. The zero-order chi connectivity index (χ0) is 22.6. The SMILES string of the molecule is Cc1cc(N2CCc3nc(C(F)(F)F)sc3C2)nc(C2CC2)c1NC(=O)CC(C)(C)C. The first kappa shape index (κ1) is 22.0. The number of pyridine rings is 1. The van der Waals surface area contributed by atoms with Gasteiger partial charge in [-0.2, -0.15) is 13.2 Å². The van der Waals surface area contributed by atoms with Gasteiger partial charge in [0.25, 0.3) is 0 Å². The molecule has 0 spiro atoms. The van der Waals surface area contributed by atoms with E-state index in [9.17, 15) is 18.0 Å². The molecular weight excluding hydrogens is 425 g/mol. The molecule has 0 unspecified atom stereocenters. The topological polar surface area (TPSA) is 58.1 Å². The van der Waals surface area contributed by atoms with Crippen molar-refractivity contribution < 1.29 is 18.0 Å². The molecule has 2 aliphatic rings. The number of fused-ring (bicyclic) bond motifs is 1. The van der Waals surface area contributed by atoms with Crippen molar-refractivity contribution in [3.8, 4) is 0 Å². The van der Waals surface area contributed by atoms with Gasteiger partial charge in [-0.25, -0.2) is 9.97 Å². The molecule has 4 rings (SSSR count). The summed E-state index contributed by atoms with van der Waals surface area (Å²) in [5.41, 5.74) is 3.04. The van der Waals surface area contributed by atoms with Crippen LogP contribution in [0, 0.1) is 12.3 Å². The Morgan fingerprint density at radius 3 is 2.58 bits per heavy atom. The number of carbonyl (C=O) groups excluding carboxylic acids is 1. The van der Waals surface area contributed by atoms with Crippen LogP contribution in [0.1, 0.15) is 72.8 Å². The van der Waals surface area contributed by atoms with Gasteiger partial charge >= 0.3 is 6.18 Å². The van der Waals surface area contributed by atoms with Crippen LogP contribution in [0.4, 0.5) is 24.7 Å². The summed E-state index contributed by atoms with van der Waals surface area (Å²) >= 11 is 0.722. The van der Waals surface area contributed by atoms with Gasteiger partial charge in [-0.15, -0.1) is 11.3 Å². The maximum Gasteiger partial charge on any atom is 0.443 e. The molecule has 168 valence electrons. The Hall–Kier alpha value is -2.16. The fourth-order valence-corrected chi connectivity index (χ4v) is 4.82. The highest BCUT2D eigenvalue weighted by molar-refractivity contribution is 7.11. The average Bonchev–Trinajstić information content (AvgIpc) is 3.38. The number of thiazole rings is 1. The maximum atomic E-state index is 13.0. The molecule has 1 aliphatic carbocycles. The van der Waals surface area contributed by atoms with E-state index >= 15 is 0 Å². The van der Waals surface area contributed by atoms with E-state index in [1.807, 2.05) is 38.7 Å². The van der Waals surface area contributed by atoms with Gasteiger partial charge in [0.2, 0.25) is 5.91 Å². The molecule has 9 heteroatoms. The summed E-state index contributed by atoms with van der Waals surface area (Å²) in [7, 11) is 0. The van der Waals surface area contributed by atoms with Crippen molar-refractivity contribution >= 4 is 28.7 Å². The molecule has 5 nitrogen and oxygen atoms in total. The third-order valence-electron chi connectivity index (χ3n) is 5.45. The zero-order valence-electron chi connectivity index (χ0n) is 18.2. The van der Waals surface area contributed by atoms with Gasteiger partial charge in [-0.3, -0.25) is 4.79 Å². The Labute approximate surface area is 184 Å². The molecule has 0 bridgehead atoms. The number of halogens is 3. The highest BCUT2D eigenvalue weighted by atomic mass is 32.1. The van der Waals surface area contributed by atoms with E-state index in [-0.39, 0.29) is 11.3 Å². The molecule has 3 heterocycles. The van der Waals surface area contributed by atoms with Crippen molar-refractivity contribution in [2.45, 2.75) is 72.0 Å². The number of aromatic nitrogens is 2. The van der Waals surface area contributed by atoms with Gasteiger partial charge < -0.3 is 10.2 Å². The molecule has 1 aliphatic heterocycles. The second-order valence-corrected chi connectivity index (χ2v) is 10.8. The van der Waals surface area contributed by atoms with Crippen LogP contribution in [0.15, 0.2) is 6.07 Å². The Morgan fingerprint density at radius 2 is 1.97 bits per heavy atom. The van der Waals surface area contributed by atoms with Crippen molar-refractivity contribution in [2.75, 3.05) is 16.8 Å². The highest BCUT2D eigenvalue weighted by Gasteiger charge is 2.37. The number of amides is 1. The van der Waals surface area contributed by atoms with Crippen molar-refractivity contribution in [1.29, 1.82) is 0 Å². The molecule has 2 aromatic rings. The van der Waals surface area contributed by atoms with Crippen molar-refractivity contribution in [3.63, 3.8) is 0 Å². The van der Waals surface area contributed by atoms with E-state index in [0.717, 1.165) is 46.9 Å². The van der Waals surface area contributed by atoms with Gasteiger partial charge in [-0.05, 0) is 36.8 Å². The molecular formula is C22H27F3N4OS. The Bertz CT molecular complexity index is 1010. The van der Waals surface area contributed by atoms with Crippen LogP contribution in [0.5, 0.6) is 0 Å². The van der Waals surface area contributed by atoms with E-state index in [4.69, 9.17) is 4.98 Å². The lowest BCUT2D eigenvalue weighted by Gasteiger charge is -2.28. The predicted molar refractivity (Wildman–Crippen MR) is 116 cm³/mol. The van der Waals surface area contributed by atoms with E-state index in [1.54, 1.807) is 0 Å². The standard InChI is InChI=1S/C22H27F3N4OS/c1-12-9-16(29-8-7-14-15(11-29)31-20(26-14)22(23,24)25)27-19(13-5-6-13)18(12)28-17(30)10-21(2,3)4/h9,13H,5-8,10-11H2,1-4H3,(H,28,30). The minimum absolute atomic E-state index is 0.0287. The van der Waals surface area contributed by atoms with E-state index < -0.39 is 11.2 Å². The number of aryl methyl sites for hydroxylation is 1. The van der Waals surface area contributed by atoms with Crippen molar-refractivity contribution in [1.82, 2.24) is 9.97 Å². The zero-order valence-corrected chi connectivity index (χ0v) is 19.0. The van der Waals surface area contributed by atoms with Gasteiger partial charge in [0.1, 0.15) is 5.82 Å². The first-order valence-electron chi connectivity index (χ1n) is 10.5. The molecule has 1 fully saturated rings. The number of alkyl halides is 3. The second kappa shape index (κ2) is 7.76. The number of hydrogen-bond acceptors (Lipinski definition) is 5. The Kier molecular flexibility index (Phi) is 5.52. The number of nitrogens with zero attached hydrogens (tertiary/aromatic N) is 3. The van der Waals surface area contributed by atoms with Gasteiger partial charge in [0, 0.05) is 30.2 Å². The first-order valence-corrected chi connectivity index (χ1v) is 11.3. The van der Waals surface area contributed by atoms with Gasteiger partial charge in [0.05, 0.1) is 23.6 Å². The molecule has 1 N–H and O–H groups in total. The number of carbonyl (C=O) groups is 1. The molecule has 0 radical (unpaired) electrons. The Balaban J connectivity index is 1.59. The lowest BCUT2D eigenvalue weighted by molar-refractivity contribution is -0.137. The quantitative estimate of drug-likeness (QED) is 0.648. The number of anilines is 2. The summed E-state index contributed by atoms with van der Waals surface area (Å²) in [6.45, 7) is 8.97. The van der Waals surface area contributed by atoms with Crippen LogP contribution in [0.3, 0.4) is 0 Å². The van der Waals surface area contributed by atoms with Gasteiger partial charge in [0.15, 0.2) is 5.01 Å². The third kappa shape index (κ3) is 5.02. The van der Waals surface area contributed by atoms with E-state index in [0.29, 0.717) is 42.4 Å². The van der Waals surface area contributed by atoms with Gasteiger partial charge in [-0.1, -0.05) is 20.8 Å². The molecule has 31 heavy (non-hydrogen) atoms. The van der Waals surface area contributed by atoms with Crippen LogP contribution in [-0.2, 0) is 23.9 Å². The largest absolute Gasteiger partial charge is 0.443 e. The molecule has 0 saturated heterocycles. The lowest BCUT2D eigenvalue weighted by Crippen LogP contribution is -2.31. The predicted octanol–water partition coefficient (Wildman–Crippen LogP) is 5.68. The number of hydrogen-bond donors (Lipinski definition) is 1. The van der Waals surface area contributed by atoms with Crippen LogP contribution < -0.4 is 10.2 Å². The van der Waals surface area contributed by atoms with Crippen LogP contribution >= 0.6 is 11.3 Å². The maximum absolute atomic E-state index is 13.0. The van der Waals surface area contributed by atoms with Crippen molar-refractivity contribution in [2.24, 2.45) is 5.41 Å². The molecule has 0 aromatic carbocycles. The molecule has 1 saturated carbocycles. The summed E-state index contributed by atoms with van der Waals surface area (Å²) in [6, 6.07) is 1.93. The minimum Gasteiger partial charge on any atom is -0.351 e. The molecule has 0 atom stereocenters. The third-order valence-corrected chi connectivity index (χ3v) is 6.58. The fraction of sp³-hybridized carbons (Fsp3) is 0.591. The smallest absolute Gasteiger partial charge is 0.351 e. The number of rotatable bonds is 4. The Morgan fingerprint density at radius 1 is 1.26 bits per heavy atom. The second-order valence-electron chi connectivity index (χ2n) is 9.68. The first-order chi connectivity index (χ1) is 14.4. The van der Waals surface area contributed by atoms with Crippen molar-refractivity contribution in [3.05, 3.63) is 32.9 Å². The van der Waals surface area contributed by atoms with Crippen LogP contribution in [0.25, 0.3) is 0 Å².